The van der Waals surface area contributed by atoms with Gasteiger partial charge >= 0.3 is 5.95 Å². The van der Waals surface area contributed by atoms with Gasteiger partial charge in [0.15, 0.2) is 6.73 Å². The summed E-state index contributed by atoms with van der Waals surface area (Å²) in [5.41, 5.74) is 0. The van der Waals surface area contributed by atoms with Crippen LogP contribution in [0.2, 0.25) is 0 Å². The molecule has 0 aliphatic rings. The van der Waals surface area contributed by atoms with Gasteiger partial charge in [-0.25, -0.2) is 4.57 Å². The van der Waals surface area contributed by atoms with Crippen molar-refractivity contribution in [3.63, 3.8) is 0 Å². The number of nitro groups is 1. The Kier molecular flexibility index (Phi) is 4.19. The zero-order valence-electron chi connectivity index (χ0n) is 8.37. The van der Waals surface area contributed by atoms with Crippen LogP contribution in [0.1, 0.15) is 13.3 Å². The van der Waals surface area contributed by atoms with Gasteiger partial charge in [-0.2, -0.15) is 0 Å². The Morgan fingerprint density at radius 1 is 1.80 bits per heavy atom. The summed E-state index contributed by atoms with van der Waals surface area (Å²) in [6, 6.07) is 0. The smallest absolute Gasteiger partial charge is 0.394 e. The molecule has 0 spiro atoms. The molecule has 1 atom stereocenters. The first-order chi connectivity index (χ1) is 7.19. The van der Waals surface area contributed by atoms with Crippen molar-refractivity contribution in [1.29, 1.82) is 0 Å². The standard InChI is InChI=1S/C8H13N3O4/c1-2-7(5-12)15-6-10-4-3-9-8(10)11(13)14/h3-4,7,12H,2,5-6H2,1H3. The average molecular weight is 215 g/mol. The van der Waals surface area contributed by atoms with Crippen molar-refractivity contribution in [2.45, 2.75) is 26.2 Å². The number of imidazole rings is 1. The van der Waals surface area contributed by atoms with Crippen molar-refractivity contribution in [1.82, 2.24) is 9.55 Å². The molecule has 1 unspecified atom stereocenters. The maximum absolute atomic E-state index is 10.5. The van der Waals surface area contributed by atoms with Crippen LogP contribution in [0.4, 0.5) is 5.95 Å². The predicted octanol–water partition coefficient (Wildman–Crippen LogP) is 0.536. The second-order valence-electron chi connectivity index (χ2n) is 2.96. The minimum absolute atomic E-state index is 0.0232. The first-order valence-corrected chi connectivity index (χ1v) is 4.57. The summed E-state index contributed by atoms with van der Waals surface area (Å²) < 4.78 is 6.52. The molecule has 0 aliphatic carbocycles. The predicted molar refractivity (Wildman–Crippen MR) is 51.1 cm³/mol. The molecule has 84 valence electrons. The summed E-state index contributed by atoms with van der Waals surface area (Å²) in [6.45, 7) is 1.79. The molecule has 0 saturated heterocycles. The van der Waals surface area contributed by atoms with Crippen molar-refractivity contribution in [2.24, 2.45) is 0 Å². The minimum Gasteiger partial charge on any atom is -0.394 e. The lowest BCUT2D eigenvalue weighted by atomic mass is 10.3. The van der Waals surface area contributed by atoms with Crippen LogP contribution in [0.3, 0.4) is 0 Å². The number of ether oxygens (including phenoxy) is 1. The largest absolute Gasteiger partial charge is 0.436 e. The number of hydrogen-bond donors (Lipinski definition) is 1. The first kappa shape index (κ1) is 11.6. The fraction of sp³-hybridized carbons (Fsp3) is 0.625. The molecule has 15 heavy (non-hydrogen) atoms. The molecule has 0 bridgehead atoms. The van der Waals surface area contributed by atoms with Gasteiger partial charge in [0.05, 0.1) is 12.7 Å². The van der Waals surface area contributed by atoms with Crippen molar-refractivity contribution in [2.75, 3.05) is 6.61 Å². The van der Waals surface area contributed by atoms with Crippen LogP contribution in [0, 0.1) is 10.1 Å². The SMILES string of the molecule is CCC(CO)OCn1ccnc1[N+](=O)[O-]. The monoisotopic (exact) mass is 215 g/mol. The summed E-state index contributed by atoms with van der Waals surface area (Å²) in [5.74, 6) is -0.261. The van der Waals surface area contributed by atoms with E-state index in [0.717, 1.165) is 0 Å². The highest BCUT2D eigenvalue weighted by Crippen LogP contribution is 2.08. The van der Waals surface area contributed by atoms with Crippen molar-refractivity contribution < 1.29 is 14.8 Å². The van der Waals surface area contributed by atoms with E-state index >= 15 is 0 Å². The van der Waals surface area contributed by atoms with Gasteiger partial charge in [0, 0.05) is 0 Å². The quantitative estimate of drug-likeness (QED) is 0.552. The Labute approximate surface area is 86.5 Å². The summed E-state index contributed by atoms with van der Waals surface area (Å²) in [6.07, 6.45) is 3.15. The van der Waals surface area contributed by atoms with E-state index in [0.29, 0.717) is 6.42 Å². The van der Waals surface area contributed by atoms with Crippen LogP contribution in [0.5, 0.6) is 0 Å². The van der Waals surface area contributed by atoms with Gasteiger partial charge in [-0.15, -0.1) is 0 Å². The van der Waals surface area contributed by atoms with Gasteiger partial charge in [0.1, 0.15) is 12.4 Å². The Bertz CT molecular complexity index is 321. The Morgan fingerprint density at radius 3 is 3.07 bits per heavy atom. The van der Waals surface area contributed by atoms with E-state index in [1.807, 2.05) is 6.92 Å². The Morgan fingerprint density at radius 2 is 2.53 bits per heavy atom. The van der Waals surface area contributed by atoms with Crippen molar-refractivity contribution in [3.05, 3.63) is 22.5 Å². The minimum atomic E-state index is -0.580. The fourth-order valence-electron chi connectivity index (χ4n) is 1.06. The zero-order valence-corrected chi connectivity index (χ0v) is 8.37. The molecule has 1 aromatic rings. The topological polar surface area (TPSA) is 90.4 Å². The van der Waals surface area contributed by atoms with Gasteiger partial charge in [-0.1, -0.05) is 11.9 Å². The molecule has 1 heterocycles. The van der Waals surface area contributed by atoms with E-state index in [-0.39, 0.29) is 25.4 Å². The lowest BCUT2D eigenvalue weighted by Gasteiger charge is -2.11. The van der Waals surface area contributed by atoms with Crippen LogP contribution in [-0.4, -0.2) is 32.3 Å². The third-order valence-electron chi connectivity index (χ3n) is 1.97. The number of aliphatic hydroxyl groups excluding tert-OH is 1. The molecule has 0 amide bonds. The highest BCUT2D eigenvalue weighted by molar-refractivity contribution is 5.05. The second-order valence-corrected chi connectivity index (χ2v) is 2.96. The molecule has 0 fully saturated rings. The van der Waals surface area contributed by atoms with Crippen LogP contribution in [-0.2, 0) is 11.5 Å². The van der Waals surface area contributed by atoms with Gasteiger partial charge in [0.2, 0.25) is 0 Å². The molecule has 1 rings (SSSR count). The van der Waals surface area contributed by atoms with E-state index in [2.05, 4.69) is 4.98 Å². The van der Waals surface area contributed by atoms with Crippen LogP contribution in [0.25, 0.3) is 0 Å². The molecule has 1 N–H and O–H groups in total. The maximum atomic E-state index is 10.5. The number of hydrogen-bond acceptors (Lipinski definition) is 5. The van der Waals surface area contributed by atoms with Crippen LogP contribution in [0.15, 0.2) is 12.4 Å². The van der Waals surface area contributed by atoms with E-state index in [4.69, 9.17) is 9.84 Å². The first-order valence-electron chi connectivity index (χ1n) is 4.57. The number of rotatable bonds is 6. The molecule has 7 nitrogen and oxygen atoms in total. The Balaban J connectivity index is 2.57. The maximum Gasteiger partial charge on any atom is 0.436 e. The highest BCUT2D eigenvalue weighted by Gasteiger charge is 2.15. The van der Waals surface area contributed by atoms with Gasteiger partial charge in [-0.3, -0.25) is 0 Å². The number of nitrogens with zero attached hydrogens (tertiary/aromatic N) is 3. The summed E-state index contributed by atoms with van der Waals surface area (Å²) in [5, 5.41) is 19.3. The molecule has 1 aromatic heterocycles. The molecule has 7 heteroatoms. The van der Waals surface area contributed by atoms with Crippen LogP contribution < -0.4 is 0 Å². The fourth-order valence-corrected chi connectivity index (χ4v) is 1.06. The number of aliphatic hydroxyl groups is 1. The Hall–Kier alpha value is -1.47. The average Bonchev–Trinajstić information content (AvgIpc) is 2.67. The molecule has 0 aliphatic heterocycles. The lowest BCUT2D eigenvalue weighted by molar-refractivity contribution is -0.397. The van der Waals surface area contributed by atoms with Gasteiger partial charge in [0.25, 0.3) is 0 Å². The molecule has 0 saturated carbocycles. The second kappa shape index (κ2) is 5.42. The molecular weight excluding hydrogens is 202 g/mol. The van der Waals surface area contributed by atoms with E-state index in [1.54, 1.807) is 0 Å². The van der Waals surface area contributed by atoms with Gasteiger partial charge < -0.3 is 20.0 Å². The normalized spacial score (nSPS) is 12.7. The highest BCUT2D eigenvalue weighted by atomic mass is 16.6. The lowest BCUT2D eigenvalue weighted by Crippen LogP contribution is -2.18. The van der Waals surface area contributed by atoms with E-state index < -0.39 is 4.92 Å². The van der Waals surface area contributed by atoms with Crippen LogP contribution >= 0.6 is 0 Å². The van der Waals surface area contributed by atoms with Crippen molar-refractivity contribution in [3.8, 4) is 0 Å². The summed E-state index contributed by atoms with van der Waals surface area (Å²) in [7, 11) is 0. The van der Waals surface area contributed by atoms with Crippen molar-refractivity contribution >= 4 is 5.95 Å². The van der Waals surface area contributed by atoms with Gasteiger partial charge in [-0.05, 0) is 11.3 Å². The third-order valence-corrected chi connectivity index (χ3v) is 1.97. The third kappa shape index (κ3) is 3.00. The zero-order chi connectivity index (χ0) is 11.3. The molecule has 0 aromatic carbocycles. The van der Waals surface area contributed by atoms with E-state index in [1.165, 1.54) is 17.0 Å². The van der Waals surface area contributed by atoms with E-state index in [9.17, 15) is 10.1 Å². The molecule has 0 radical (unpaired) electrons. The summed E-state index contributed by atoms with van der Waals surface area (Å²) in [4.78, 5) is 13.5. The summed E-state index contributed by atoms with van der Waals surface area (Å²) >= 11 is 0. The molecular formula is C8H13N3O4. The number of aromatic nitrogens is 2.